The van der Waals surface area contributed by atoms with Crippen molar-refractivity contribution < 1.29 is 22.7 Å². The lowest BCUT2D eigenvalue weighted by Gasteiger charge is -2.31. The molecule has 11 heteroatoms. The third-order valence-electron chi connectivity index (χ3n) is 5.64. The maximum Gasteiger partial charge on any atom is 0.422 e. The second-order valence-corrected chi connectivity index (χ2v) is 8.39. The zero-order chi connectivity index (χ0) is 21.7. The number of amides is 1. The zero-order valence-electron chi connectivity index (χ0n) is 16.7. The number of aromatic nitrogens is 5. The number of primary amides is 1. The summed E-state index contributed by atoms with van der Waals surface area (Å²) >= 11 is 0. The molecular weight excluding hydrogens is 401 g/mol. The Morgan fingerprint density at radius 3 is 2.50 bits per heavy atom. The van der Waals surface area contributed by atoms with E-state index in [0.29, 0.717) is 23.7 Å². The molecule has 0 spiro atoms. The van der Waals surface area contributed by atoms with E-state index in [9.17, 15) is 18.0 Å². The van der Waals surface area contributed by atoms with Crippen molar-refractivity contribution >= 4 is 5.91 Å². The van der Waals surface area contributed by atoms with Gasteiger partial charge in [-0.05, 0) is 43.2 Å². The van der Waals surface area contributed by atoms with Crippen molar-refractivity contribution in [3.05, 3.63) is 28.8 Å². The minimum absolute atomic E-state index is 0.0224. The summed E-state index contributed by atoms with van der Waals surface area (Å²) in [5, 5.41) is 12.3. The first kappa shape index (κ1) is 20.5. The lowest BCUT2D eigenvalue weighted by atomic mass is 9.75. The Labute approximate surface area is 171 Å². The molecule has 2 aliphatic rings. The molecule has 0 saturated heterocycles. The summed E-state index contributed by atoms with van der Waals surface area (Å²) in [6, 6.07) is 0. The van der Waals surface area contributed by atoms with Crippen LogP contribution in [0.2, 0.25) is 0 Å². The first-order chi connectivity index (χ1) is 14.1. The summed E-state index contributed by atoms with van der Waals surface area (Å²) in [4.78, 5) is 17.8. The van der Waals surface area contributed by atoms with Gasteiger partial charge in [-0.1, -0.05) is 12.8 Å². The van der Waals surface area contributed by atoms with Gasteiger partial charge in [0.25, 0.3) is 5.91 Å². The van der Waals surface area contributed by atoms with Gasteiger partial charge in [0.2, 0.25) is 0 Å². The number of tetrazole rings is 1. The lowest BCUT2D eigenvalue weighted by Crippen LogP contribution is -2.33. The van der Waals surface area contributed by atoms with Crippen molar-refractivity contribution in [2.45, 2.75) is 56.5 Å². The highest BCUT2D eigenvalue weighted by Crippen LogP contribution is 2.52. The fourth-order valence-electron chi connectivity index (χ4n) is 3.91. The second-order valence-electron chi connectivity index (χ2n) is 8.39. The molecular formula is C19H23F3N6O2. The summed E-state index contributed by atoms with van der Waals surface area (Å²) < 4.78 is 44.5. The summed E-state index contributed by atoms with van der Waals surface area (Å²) in [6.07, 6.45) is 1.01. The highest BCUT2D eigenvalue weighted by Gasteiger charge is 2.46. The molecule has 2 saturated carbocycles. The maximum absolute atomic E-state index is 13.1. The van der Waals surface area contributed by atoms with Gasteiger partial charge in [0.1, 0.15) is 11.4 Å². The first-order valence-corrected chi connectivity index (χ1v) is 9.85. The molecule has 0 aliphatic heterocycles. The summed E-state index contributed by atoms with van der Waals surface area (Å²) in [5.74, 6) is -0.142. The minimum atomic E-state index is -4.54. The molecule has 2 aromatic rings. The van der Waals surface area contributed by atoms with Crippen LogP contribution in [0.25, 0.3) is 0 Å². The molecule has 1 amide bonds. The van der Waals surface area contributed by atoms with Gasteiger partial charge in [0.15, 0.2) is 12.4 Å². The lowest BCUT2D eigenvalue weighted by molar-refractivity contribution is -0.153. The predicted octanol–water partition coefficient (Wildman–Crippen LogP) is 2.63. The summed E-state index contributed by atoms with van der Waals surface area (Å²) in [5.41, 5.74) is 5.23. The number of ether oxygens (including phenoxy) is 1. The molecule has 0 bridgehead atoms. The number of hydrogen-bond acceptors (Lipinski definition) is 6. The van der Waals surface area contributed by atoms with Crippen LogP contribution in [0.15, 0.2) is 6.20 Å². The number of alkyl halides is 3. The predicted molar refractivity (Wildman–Crippen MR) is 98.9 cm³/mol. The normalized spacial score (nSPS) is 18.8. The maximum atomic E-state index is 13.1. The smallest absolute Gasteiger partial charge is 0.422 e. The monoisotopic (exact) mass is 424 g/mol. The van der Waals surface area contributed by atoms with Crippen LogP contribution in [-0.2, 0) is 12.5 Å². The van der Waals surface area contributed by atoms with E-state index < -0.39 is 24.1 Å². The number of nitrogens with two attached hydrogens (primary N) is 1. The Balaban J connectivity index is 1.93. The number of rotatable bonds is 8. The van der Waals surface area contributed by atoms with Crippen LogP contribution in [0, 0.1) is 5.92 Å². The number of halogens is 3. The molecule has 2 heterocycles. The topological polar surface area (TPSA) is 109 Å². The number of hydrogen-bond donors (Lipinski definition) is 1. The van der Waals surface area contributed by atoms with Gasteiger partial charge < -0.3 is 10.5 Å². The van der Waals surface area contributed by atoms with Gasteiger partial charge in [-0.25, -0.2) is 0 Å². The second kappa shape index (κ2) is 7.21. The van der Waals surface area contributed by atoms with E-state index in [2.05, 4.69) is 20.4 Å². The molecule has 2 N–H and O–H groups in total. The van der Waals surface area contributed by atoms with Crippen LogP contribution in [0.5, 0.6) is 5.75 Å². The molecule has 2 aliphatic carbocycles. The third-order valence-corrected chi connectivity index (χ3v) is 5.64. The first-order valence-electron chi connectivity index (χ1n) is 9.85. The van der Waals surface area contributed by atoms with Crippen LogP contribution in [0.1, 0.15) is 72.4 Å². The highest BCUT2D eigenvalue weighted by atomic mass is 19.4. The Morgan fingerprint density at radius 2 is 2.00 bits per heavy atom. The van der Waals surface area contributed by atoms with Crippen molar-refractivity contribution in [2.24, 2.45) is 18.7 Å². The average molecular weight is 424 g/mol. The number of aryl methyl sites for hydroxylation is 1. The van der Waals surface area contributed by atoms with Crippen LogP contribution in [0.3, 0.4) is 0 Å². The standard InChI is InChI=1S/C19H23F3N6O2/c1-18(7-10-3-4-10,17-25-27-28(2)26-17)13-14(16(23)29)24-8-12(11-5-6-11)15(13)30-9-19(20,21)22/h8,10-11H,3-7,9H2,1-2H3,(H2,23,29). The highest BCUT2D eigenvalue weighted by molar-refractivity contribution is 5.94. The van der Waals surface area contributed by atoms with Crippen LogP contribution < -0.4 is 10.5 Å². The van der Waals surface area contributed by atoms with Gasteiger partial charge in [0, 0.05) is 17.3 Å². The van der Waals surface area contributed by atoms with E-state index >= 15 is 0 Å². The SMILES string of the molecule is Cn1nnc(C(C)(CC2CC2)c2c(C(N)=O)ncc(C3CC3)c2OCC(F)(F)F)n1. The molecule has 1 atom stereocenters. The van der Waals surface area contributed by atoms with Crippen LogP contribution in [-0.4, -0.2) is 43.9 Å². The zero-order valence-corrected chi connectivity index (χ0v) is 16.7. The van der Waals surface area contributed by atoms with Crippen molar-refractivity contribution in [1.82, 2.24) is 25.2 Å². The van der Waals surface area contributed by atoms with Gasteiger partial charge in [-0.3, -0.25) is 9.78 Å². The number of pyridine rings is 1. The summed E-state index contributed by atoms with van der Waals surface area (Å²) in [7, 11) is 1.60. The van der Waals surface area contributed by atoms with E-state index in [1.165, 1.54) is 11.0 Å². The largest absolute Gasteiger partial charge is 0.483 e. The molecule has 162 valence electrons. The molecule has 4 rings (SSSR count). The van der Waals surface area contributed by atoms with Gasteiger partial charge in [-0.15, -0.1) is 10.2 Å². The van der Waals surface area contributed by atoms with Crippen molar-refractivity contribution in [3.63, 3.8) is 0 Å². The Kier molecular flexibility index (Phi) is 4.94. The van der Waals surface area contributed by atoms with E-state index in [1.54, 1.807) is 14.0 Å². The number of carbonyl (C=O) groups excluding carboxylic acids is 1. The van der Waals surface area contributed by atoms with Gasteiger partial charge >= 0.3 is 6.18 Å². The molecule has 2 fully saturated rings. The molecule has 8 nitrogen and oxygen atoms in total. The Morgan fingerprint density at radius 1 is 1.30 bits per heavy atom. The van der Waals surface area contributed by atoms with Gasteiger partial charge in [-0.2, -0.15) is 18.0 Å². The van der Waals surface area contributed by atoms with Crippen molar-refractivity contribution in [3.8, 4) is 5.75 Å². The Bertz CT molecular complexity index is 968. The fraction of sp³-hybridized carbons (Fsp3) is 0.632. The number of carbonyl (C=O) groups is 1. The Hall–Kier alpha value is -2.72. The van der Waals surface area contributed by atoms with Crippen LogP contribution in [0.4, 0.5) is 13.2 Å². The quantitative estimate of drug-likeness (QED) is 0.698. The third kappa shape index (κ3) is 4.10. The molecule has 0 radical (unpaired) electrons. The minimum Gasteiger partial charge on any atom is -0.483 e. The van der Waals surface area contributed by atoms with E-state index in [4.69, 9.17) is 10.5 Å². The number of nitrogens with zero attached hydrogens (tertiary/aromatic N) is 5. The van der Waals surface area contributed by atoms with Crippen molar-refractivity contribution in [2.75, 3.05) is 6.61 Å². The molecule has 2 aromatic heterocycles. The van der Waals surface area contributed by atoms with E-state index in [1.807, 2.05) is 0 Å². The fourth-order valence-corrected chi connectivity index (χ4v) is 3.91. The van der Waals surface area contributed by atoms with Crippen LogP contribution >= 0.6 is 0 Å². The molecule has 1 unspecified atom stereocenters. The average Bonchev–Trinajstić information content (AvgIpc) is 3.58. The molecule has 0 aromatic carbocycles. The van der Waals surface area contributed by atoms with E-state index in [0.717, 1.165) is 25.7 Å². The molecule has 30 heavy (non-hydrogen) atoms. The van der Waals surface area contributed by atoms with Gasteiger partial charge in [0.05, 0.1) is 12.5 Å². The van der Waals surface area contributed by atoms with Crippen molar-refractivity contribution in [1.29, 1.82) is 0 Å². The van der Waals surface area contributed by atoms with E-state index in [-0.39, 0.29) is 22.9 Å². The summed E-state index contributed by atoms with van der Waals surface area (Å²) in [6.45, 7) is 0.318.